The highest BCUT2D eigenvalue weighted by molar-refractivity contribution is 7.20. The monoisotopic (exact) mass is 464 g/mol. The molecule has 2 aliphatic rings. The summed E-state index contributed by atoms with van der Waals surface area (Å²) in [4.78, 5) is 10.8. The van der Waals surface area contributed by atoms with Gasteiger partial charge in [-0.05, 0) is 30.8 Å². The Morgan fingerprint density at radius 1 is 0.967 bits per heavy atom. The molecular weight excluding hydrogens is 442 g/mol. The van der Waals surface area contributed by atoms with E-state index in [1.165, 1.54) is 22.6 Å². The Bertz CT molecular complexity index is 1050. The topological polar surface area (TPSA) is 30.9 Å². The number of rotatable bonds is 1. The third kappa shape index (κ3) is 4.32. The second kappa shape index (κ2) is 9.35. The van der Waals surface area contributed by atoms with Crippen LogP contribution in [0.25, 0.3) is 10.4 Å². The molecule has 0 atom stereocenters. The van der Waals surface area contributed by atoms with Crippen LogP contribution < -0.4 is 5.32 Å². The number of piperazine rings is 1. The molecule has 0 aliphatic carbocycles. The number of anilines is 2. The van der Waals surface area contributed by atoms with Crippen LogP contribution in [0.1, 0.15) is 5.56 Å². The number of hydrogen-bond donors (Lipinski definition) is 1. The molecule has 158 valence electrons. The number of thiophene rings is 1. The normalized spacial score (nSPS) is 15.5. The third-order valence-corrected chi connectivity index (χ3v) is 6.37. The molecule has 0 bridgehead atoms. The number of fused-ring (bicyclic) bond motifs is 2. The molecule has 0 saturated carbocycles. The summed E-state index contributed by atoms with van der Waals surface area (Å²) in [7, 11) is 2.14. The zero-order valence-electron chi connectivity index (χ0n) is 16.5. The third-order valence-electron chi connectivity index (χ3n) is 5.27. The fourth-order valence-electron chi connectivity index (χ4n) is 3.65. The number of benzene rings is 2. The van der Waals surface area contributed by atoms with Crippen molar-refractivity contribution >= 4 is 58.4 Å². The van der Waals surface area contributed by atoms with E-state index in [1.54, 1.807) is 17.4 Å². The maximum Gasteiger partial charge on any atom is 0.139 e. The smallest absolute Gasteiger partial charge is 0.139 e. The summed E-state index contributed by atoms with van der Waals surface area (Å²) < 4.78 is 13.9. The lowest BCUT2D eigenvalue weighted by Gasteiger charge is -2.34. The van der Waals surface area contributed by atoms with E-state index >= 15 is 0 Å². The highest BCUT2D eigenvalue weighted by Gasteiger charge is 2.26. The number of amidine groups is 1. The van der Waals surface area contributed by atoms with Gasteiger partial charge in [0.1, 0.15) is 16.7 Å². The molecule has 3 heterocycles. The second-order valence-electron chi connectivity index (χ2n) is 7.23. The molecule has 0 radical (unpaired) electrons. The molecule has 2 aliphatic heterocycles. The largest absolute Gasteiger partial charge is 0.353 e. The van der Waals surface area contributed by atoms with Crippen LogP contribution in [0, 0.1) is 5.82 Å². The molecule has 30 heavy (non-hydrogen) atoms. The summed E-state index contributed by atoms with van der Waals surface area (Å²) >= 11 is 1.72. The number of likely N-dealkylation sites (N-methyl/N-ethyl adjacent to an activating group) is 1. The van der Waals surface area contributed by atoms with E-state index < -0.39 is 0 Å². The van der Waals surface area contributed by atoms with Crippen molar-refractivity contribution in [2.45, 2.75) is 0 Å². The molecule has 0 spiro atoms. The van der Waals surface area contributed by atoms with Gasteiger partial charge in [-0.25, -0.2) is 9.38 Å². The number of nitrogens with one attached hydrogen (secondary N) is 1. The van der Waals surface area contributed by atoms with Crippen LogP contribution in [0.5, 0.6) is 0 Å². The molecule has 4 nitrogen and oxygen atoms in total. The van der Waals surface area contributed by atoms with Gasteiger partial charge in [0, 0.05) is 37.1 Å². The average Bonchev–Trinajstić information content (AvgIpc) is 3.07. The van der Waals surface area contributed by atoms with E-state index in [1.807, 2.05) is 6.07 Å². The van der Waals surface area contributed by atoms with Gasteiger partial charge in [-0.3, -0.25) is 0 Å². The first-order valence-electron chi connectivity index (χ1n) is 9.46. The van der Waals surface area contributed by atoms with Gasteiger partial charge in [0.05, 0.1) is 16.9 Å². The summed E-state index contributed by atoms with van der Waals surface area (Å²) in [6.45, 7) is 3.81. The quantitative estimate of drug-likeness (QED) is 0.494. The Morgan fingerprint density at radius 2 is 1.70 bits per heavy atom. The van der Waals surface area contributed by atoms with Crippen LogP contribution in [-0.2, 0) is 0 Å². The van der Waals surface area contributed by atoms with E-state index in [4.69, 9.17) is 4.99 Å². The minimum Gasteiger partial charge on any atom is -0.353 e. The standard InChI is InChI=1S/C22H21FN4S.2ClH/c1-26-9-11-27(12-10-26)21-17-14-20(15-5-3-2-4-6-15)28-22(17)25-18-8-7-16(23)13-19(18)24-21;;/h2-8,13-14,25H,9-12H2,1H3;2*1H. The van der Waals surface area contributed by atoms with E-state index in [0.717, 1.165) is 48.3 Å². The average molecular weight is 465 g/mol. The summed E-state index contributed by atoms with van der Waals surface area (Å²) in [5, 5.41) is 4.56. The molecule has 5 rings (SSSR count). The minimum atomic E-state index is -0.266. The number of halogens is 3. The van der Waals surface area contributed by atoms with E-state index in [9.17, 15) is 4.39 Å². The lowest BCUT2D eigenvalue weighted by molar-refractivity contribution is 0.216. The zero-order valence-corrected chi connectivity index (χ0v) is 18.9. The molecule has 3 aromatic rings. The highest BCUT2D eigenvalue weighted by Crippen LogP contribution is 2.42. The fourth-order valence-corrected chi connectivity index (χ4v) is 4.73. The van der Waals surface area contributed by atoms with Crippen LogP contribution in [-0.4, -0.2) is 48.9 Å². The van der Waals surface area contributed by atoms with Crippen LogP contribution >= 0.6 is 36.2 Å². The summed E-state index contributed by atoms with van der Waals surface area (Å²) in [6, 6.07) is 17.4. The van der Waals surface area contributed by atoms with Crippen molar-refractivity contribution in [2.24, 2.45) is 4.99 Å². The van der Waals surface area contributed by atoms with Crippen molar-refractivity contribution in [3.05, 3.63) is 66.0 Å². The molecule has 1 saturated heterocycles. The Labute approximate surface area is 192 Å². The SMILES string of the molecule is CN1CCN(C2=Nc3cc(F)ccc3Nc3sc(-c4ccccc4)cc32)CC1.Cl.Cl. The molecule has 1 fully saturated rings. The van der Waals surface area contributed by atoms with Crippen LogP contribution in [0.3, 0.4) is 0 Å². The predicted octanol–water partition coefficient (Wildman–Crippen LogP) is 5.78. The van der Waals surface area contributed by atoms with Crippen molar-refractivity contribution < 1.29 is 4.39 Å². The second-order valence-corrected chi connectivity index (χ2v) is 8.28. The van der Waals surface area contributed by atoms with E-state index in [0.29, 0.717) is 5.69 Å². The van der Waals surface area contributed by atoms with Crippen LogP contribution in [0.15, 0.2) is 59.6 Å². The van der Waals surface area contributed by atoms with Gasteiger partial charge in [0.25, 0.3) is 0 Å². The van der Waals surface area contributed by atoms with Gasteiger partial charge in [0.15, 0.2) is 0 Å². The van der Waals surface area contributed by atoms with Gasteiger partial charge in [0.2, 0.25) is 0 Å². The van der Waals surface area contributed by atoms with Gasteiger partial charge in [-0.15, -0.1) is 36.2 Å². The van der Waals surface area contributed by atoms with Crippen molar-refractivity contribution in [3.63, 3.8) is 0 Å². The van der Waals surface area contributed by atoms with E-state index in [2.05, 4.69) is 52.5 Å². The Hall–Kier alpha value is -2.12. The minimum absolute atomic E-state index is 0. The molecule has 1 aromatic heterocycles. The first-order chi connectivity index (χ1) is 13.7. The van der Waals surface area contributed by atoms with Crippen molar-refractivity contribution in [3.8, 4) is 10.4 Å². The highest BCUT2D eigenvalue weighted by atomic mass is 35.5. The Morgan fingerprint density at radius 3 is 2.43 bits per heavy atom. The molecule has 0 unspecified atom stereocenters. The molecule has 0 amide bonds. The first-order valence-corrected chi connectivity index (χ1v) is 10.3. The molecule has 8 heteroatoms. The maximum atomic E-state index is 13.9. The van der Waals surface area contributed by atoms with Crippen LogP contribution in [0.2, 0.25) is 0 Å². The zero-order chi connectivity index (χ0) is 19.1. The van der Waals surface area contributed by atoms with Crippen molar-refractivity contribution in [2.75, 3.05) is 38.5 Å². The maximum absolute atomic E-state index is 13.9. The molecule has 2 aromatic carbocycles. The number of nitrogens with zero attached hydrogens (tertiary/aromatic N) is 3. The summed E-state index contributed by atoms with van der Waals surface area (Å²) in [5.74, 6) is 0.663. The Balaban J connectivity index is 0.00000128. The summed E-state index contributed by atoms with van der Waals surface area (Å²) in [5.41, 5.74) is 3.77. The number of aliphatic imine (C=N–C) groups is 1. The first kappa shape index (κ1) is 22.6. The van der Waals surface area contributed by atoms with Gasteiger partial charge < -0.3 is 15.1 Å². The van der Waals surface area contributed by atoms with Crippen molar-refractivity contribution in [1.82, 2.24) is 9.80 Å². The fraction of sp³-hybridized carbons (Fsp3) is 0.227. The lowest BCUT2D eigenvalue weighted by atomic mass is 10.1. The Kier molecular flexibility index (Phi) is 7.03. The predicted molar refractivity (Wildman–Crippen MR) is 129 cm³/mol. The molecular formula is C22H23Cl2FN4S. The van der Waals surface area contributed by atoms with Gasteiger partial charge >= 0.3 is 0 Å². The number of hydrogen-bond acceptors (Lipinski definition) is 5. The molecule has 1 N–H and O–H groups in total. The van der Waals surface area contributed by atoms with Crippen molar-refractivity contribution in [1.29, 1.82) is 0 Å². The lowest BCUT2D eigenvalue weighted by Crippen LogP contribution is -2.47. The van der Waals surface area contributed by atoms with Gasteiger partial charge in [-0.2, -0.15) is 0 Å². The van der Waals surface area contributed by atoms with E-state index in [-0.39, 0.29) is 30.6 Å². The summed E-state index contributed by atoms with van der Waals surface area (Å²) in [6.07, 6.45) is 0. The van der Waals surface area contributed by atoms with Gasteiger partial charge in [-0.1, -0.05) is 30.3 Å². The van der Waals surface area contributed by atoms with Crippen LogP contribution in [0.4, 0.5) is 20.8 Å².